The minimum absolute atomic E-state index is 0.0369. The van der Waals surface area contributed by atoms with Crippen molar-refractivity contribution in [3.8, 4) is 0 Å². The van der Waals surface area contributed by atoms with Gasteiger partial charge in [0, 0.05) is 18.5 Å². The zero-order chi connectivity index (χ0) is 15.4. The van der Waals surface area contributed by atoms with Gasteiger partial charge in [-0.25, -0.2) is 4.98 Å². The Morgan fingerprint density at radius 1 is 1.14 bits per heavy atom. The van der Waals surface area contributed by atoms with Crippen LogP contribution in [-0.2, 0) is 0 Å². The third kappa shape index (κ3) is 3.12. The van der Waals surface area contributed by atoms with Gasteiger partial charge in [-0.15, -0.1) is 0 Å². The van der Waals surface area contributed by atoms with Gasteiger partial charge in [-0.1, -0.05) is 0 Å². The highest BCUT2D eigenvalue weighted by Gasteiger charge is 2.21. The largest absolute Gasteiger partial charge is 0.315 e. The first-order valence-corrected chi connectivity index (χ1v) is 5.49. The van der Waals surface area contributed by atoms with Gasteiger partial charge in [-0.3, -0.25) is 30.0 Å². The Kier molecular flexibility index (Phi) is 3.79. The molecule has 1 heterocycles. The summed E-state index contributed by atoms with van der Waals surface area (Å²) >= 11 is 0. The maximum atomic E-state index is 11.8. The van der Waals surface area contributed by atoms with Gasteiger partial charge in [0.15, 0.2) is 0 Å². The second-order valence-electron chi connectivity index (χ2n) is 3.76. The number of anilines is 1. The summed E-state index contributed by atoms with van der Waals surface area (Å²) in [5.41, 5.74) is -1.23. The van der Waals surface area contributed by atoms with Gasteiger partial charge in [-0.2, -0.15) is 0 Å². The molecule has 0 spiro atoms. The number of hydrogen-bond acceptors (Lipinski definition) is 7. The second kappa shape index (κ2) is 5.69. The molecule has 10 heteroatoms. The average Bonchev–Trinajstić information content (AvgIpc) is 2.48. The van der Waals surface area contributed by atoms with E-state index in [-0.39, 0.29) is 11.4 Å². The van der Waals surface area contributed by atoms with Gasteiger partial charge in [0.05, 0.1) is 22.1 Å². The predicted molar refractivity (Wildman–Crippen MR) is 69.7 cm³/mol. The SMILES string of the molecule is O=C(Nc1ccc([N+](=O)[O-])cc1[N+](=O)[O-])c1cnccn1. The molecule has 106 valence electrons. The van der Waals surface area contributed by atoms with Crippen molar-refractivity contribution < 1.29 is 14.6 Å². The molecule has 0 saturated heterocycles. The molecule has 0 atom stereocenters. The van der Waals surface area contributed by atoms with E-state index in [0.29, 0.717) is 0 Å². The maximum absolute atomic E-state index is 11.8. The van der Waals surface area contributed by atoms with Crippen LogP contribution in [0.4, 0.5) is 17.1 Å². The fourth-order valence-electron chi connectivity index (χ4n) is 1.49. The number of nitro groups is 2. The molecule has 1 aromatic heterocycles. The van der Waals surface area contributed by atoms with Crippen molar-refractivity contribution in [3.05, 3.63) is 62.7 Å². The summed E-state index contributed by atoms with van der Waals surface area (Å²) in [5, 5.41) is 23.8. The number of rotatable bonds is 4. The van der Waals surface area contributed by atoms with Crippen LogP contribution in [0, 0.1) is 20.2 Å². The molecule has 1 aromatic carbocycles. The van der Waals surface area contributed by atoms with Gasteiger partial charge in [-0.05, 0) is 6.07 Å². The van der Waals surface area contributed by atoms with Gasteiger partial charge < -0.3 is 5.32 Å². The highest BCUT2D eigenvalue weighted by Crippen LogP contribution is 2.29. The third-order valence-corrected chi connectivity index (χ3v) is 2.43. The number of nitrogens with one attached hydrogen (secondary N) is 1. The van der Waals surface area contributed by atoms with Crippen LogP contribution in [0.25, 0.3) is 0 Å². The van der Waals surface area contributed by atoms with Gasteiger partial charge in [0.1, 0.15) is 11.4 Å². The van der Waals surface area contributed by atoms with E-state index in [1.54, 1.807) is 0 Å². The molecular weight excluding hydrogens is 282 g/mol. The molecule has 0 aliphatic rings. The molecule has 0 unspecified atom stereocenters. The van der Waals surface area contributed by atoms with Gasteiger partial charge in [0.2, 0.25) is 0 Å². The summed E-state index contributed by atoms with van der Waals surface area (Å²) in [6.45, 7) is 0. The van der Waals surface area contributed by atoms with E-state index in [2.05, 4.69) is 15.3 Å². The fraction of sp³-hybridized carbons (Fsp3) is 0. The molecule has 1 N–H and O–H groups in total. The lowest BCUT2D eigenvalue weighted by molar-refractivity contribution is -0.393. The fourth-order valence-corrected chi connectivity index (χ4v) is 1.49. The molecular formula is C11H7N5O5. The minimum Gasteiger partial charge on any atom is -0.315 e. The standard InChI is InChI=1S/C11H7N5O5/c17-11(9-6-12-3-4-13-9)14-8-2-1-7(15(18)19)5-10(8)16(20)21/h1-6H,(H,14,17). The first-order valence-electron chi connectivity index (χ1n) is 5.49. The Morgan fingerprint density at radius 2 is 1.90 bits per heavy atom. The van der Waals surface area contributed by atoms with Crippen molar-refractivity contribution in [2.45, 2.75) is 0 Å². The number of carbonyl (C=O) groups excluding carboxylic acids is 1. The number of nitrogens with zero attached hydrogens (tertiary/aromatic N) is 4. The number of nitro benzene ring substituents is 2. The van der Waals surface area contributed by atoms with Crippen LogP contribution in [0.3, 0.4) is 0 Å². The summed E-state index contributed by atoms with van der Waals surface area (Å²) in [7, 11) is 0. The van der Waals surface area contributed by atoms with E-state index in [9.17, 15) is 25.0 Å². The van der Waals surface area contributed by atoms with Crippen LogP contribution in [0.5, 0.6) is 0 Å². The van der Waals surface area contributed by atoms with E-state index in [1.165, 1.54) is 18.6 Å². The van der Waals surface area contributed by atoms with Crippen molar-refractivity contribution in [2.24, 2.45) is 0 Å². The lowest BCUT2D eigenvalue weighted by Crippen LogP contribution is -2.14. The number of benzene rings is 1. The molecule has 0 aliphatic carbocycles. The zero-order valence-electron chi connectivity index (χ0n) is 10.3. The maximum Gasteiger partial charge on any atom is 0.299 e. The Morgan fingerprint density at radius 3 is 2.48 bits per heavy atom. The molecule has 10 nitrogen and oxygen atoms in total. The normalized spacial score (nSPS) is 9.90. The van der Waals surface area contributed by atoms with Crippen LogP contribution >= 0.6 is 0 Å². The highest BCUT2D eigenvalue weighted by atomic mass is 16.6. The first kappa shape index (κ1) is 14.0. The molecule has 21 heavy (non-hydrogen) atoms. The van der Waals surface area contributed by atoms with Crippen LogP contribution in [0.2, 0.25) is 0 Å². The minimum atomic E-state index is -0.820. The molecule has 0 saturated carbocycles. The van der Waals surface area contributed by atoms with Gasteiger partial charge >= 0.3 is 0 Å². The Labute approximate surface area is 116 Å². The quantitative estimate of drug-likeness (QED) is 0.664. The van der Waals surface area contributed by atoms with E-state index >= 15 is 0 Å². The summed E-state index contributed by atoms with van der Waals surface area (Å²) in [4.78, 5) is 39.2. The molecule has 0 fully saturated rings. The summed E-state index contributed by atoms with van der Waals surface area (Å²) in [6.07, 6.45) is 3.84. The third-order valence-electron chi connectivity index (χ3n) is 2.43. The number of aromatic nitrogens is 2. The number of carbonyl (C=O) groups is 1. The number of amides is 1. The Bertz CT molecular complexity index is 718. The summed E-state index contributed by atoms with van der Waals surface area (Å²) in [6, 6.07) is 2.91. The van der Waals surface area contributed by atoms with Crippen LogP contribution in [0.1, 0.15) is 10.5 Å². The topological polar surface area (TPSA) is 141 Å². The molecule has 2 rings (SSSR count). The van der Waals surface area contributed by atoms with E-state index < -0.39 is 27.1 Å². The second-order valence-corrected chi connectivity index (χ2v) is 3.76. The number of hydrogen-bond donors (Lipinski definition) is 1. The molecule has 2 aromatic rings. The monoisotopic (exact) mass is 289 g/mol. The summed E-state index contributed by atoms with van der Waals surface area (Å²) < 4.78 is 0. The van der Waals surface area contributed by atoms with E-state index in [1.807, 2.05) is 0 Å². The van der Waals surface area contributed by atoms with Crippen molar-refractivity contribution in [1.82, 2.24) is 9.97 Å². The first-order chi connectivity index (χ1) is 9.99. The van der Waals surface area contributed by atoms with Crippen molar-refractivity contribution >= 4 is 23.0 Å². The van der Waals surface area contributed by atoms with Crippen molar-refractivity contribution in [1.29, 1.82) is 0 Å². The van der Waals surface area contributed by atoms with E-state index in [0.717, 1.165) is 18.2 Å². The molecule has 0 aliphatic heterocycles. The number of non-ortho nitro benzene ring substituents is 1. The zero-order valence-corrected chi connectivity index (χ0v) is 10.3. The molecule has 1 amide bonds. The van der Waals surface area contributed by atoms with Gasteiger partial charge in [0.25, 0.3) is 17.3 Å². The van der Waals surface area contributed by atoms with Crippen molar-refractivity contribution in [2.75, 3.05) is 5.32 Å². The van der Waals surface area contributed by atoms with E-state index in [4.69, 9.17) is 0 Å². The lowest BCUT2D eigenvalue weighted by atomic mass is 10.2. The smallest absolute Gasteiger partial charge is 0.299 e. The predicted octanol–water partition coefficient (Wildman–Crippen LogP) is 1.55. The van der Waals surface area contributed by atoms with Crippen LogP contribution < -0.4 is 5.32 Å². The van der Waals surface area contributed by atoms with Crippen LogP contribution in [0.15, 0.2) is 36.8 Å². The van der Waals surface area contributed by atoms with Crippen molar-refractivity contribution in [3.63, 3.8) is 0 Å². The Balaban J connectivity index is 2.34. The highest BCUT2D eigenvalue weighted by molar-refractivity contribution is 6.04. The summed E-state index contributed by atoms with van der Waals surface area (Å²) in [5.74, 6) is -0.708. The lowest BCUT2D eigenvalue weighted by Gasteiger charge is -2.05. The Hall–Kier alpha value is -3.43. The molecule has 0 bridgehead atoms. The average molecular weight is 289 g/mol. The molecule has 0 radical (unpaired) electrons. The van der Waals surface area contributed by atoms with Crippen LogP contribution in [-0.4, -0.2) is 25.7 Å².